The number of rotatable bonds is 6. The molecule has 3 nitrogen and oxygen atoms in total. The zero-order valence-corrected chi connectivity index (χ0v) is 13.9. The number of halogens is 1. The minimum atomic E-state index is -0.0921. The molecule has 0 amide bonds. The Kier molecular flexibility index (Phi) is 5.84. The average Bonchev–Trinajstić information content (AvgIpc) is 2.82. The van der Waals surface area contributed by atoms with Crippen LogP contribution in [0, 0.1) is 0 Å². The van der Waals surface area contributed by atoms with Crippen molar-refractivity contribution in [3.8, 4) is 0 Å². The van der Waals surface area contributed by atoms with Crippen molar-refractivity contribution in [1.29, 1.82) is 0 Å². The van der Waals surface area contributed by atoms with E-state index in [0.717, 1.165) is 25.9 Å². The van der Waals surface area contributed by atoms with E-state index in [2.05, 4.69) is 39.7 Å². The van der Waals surface area contributed by atoms with Crippen LogP contribution < -0.4 is 11.3 Å². The molecule has 1 aromatic heterocycles. The lowest BCUT2D eigenvalue weighted by molar-refractivity contribution is -0.0897. The van der Waals surface area contributed by atoms with Gasteiger partial charge in [0, 0.05) is 22.4 Å². The fourth-order valence-corrected chi connectivity index (χ4v) is 4.65. The second-order valence-electron chi connectivity index (χ2n) is 5.17. The number of nitrogens with one attached hydrogen (secondary N) is 1. The molecule has 0 aliphatic heterocycles. The molecule has 5 heteroatoms. The lowest BCUT2D eigenvalue weighted by atomic mass is 9.78. The Hall–Kier alpha value is 0.0600. The van der Waals surface area contributed by atoms with Crippen LogP contribution in [0.4, 0.5) is 0 Å². The molecule has 1 unspecified atom stereocenters. The first-order chi connectivity index (χ1) is 9.22. The third-order valence-corrected chi connectivity index (χ3v) is 6.00. The molecular weight excluding hydrogens is 324 g/mol. The van der Waals surface area contributed by atoms with E-state index in [-0.39, 0.29) is 11.6 Å². The third-order valence-electron chi connectivity index (χ3n) is 4.05. The van der Waals surface area contributed by atoms with Crippen LogP contribution >= 0.6 is 27.3 Å². The lowest BCUT2D eigenvalue weighted by Crippen LogP contribution is -2.57. The molecule has 1 aromatic rings. The summed E-state index contributed by atoms with van der Waals surface area (Å²) in [5, 5.41) is 2.11. The summed E-state index contributed by atoms with van der Waals surface area (Å²) in [6.07, 6.45) is 6.94. The van der Waals surface area contributed by atoms with Crippen molar-refractivity contribution in [2.24, 2.45) is 5.84 Å². The van der Waals surface area contributed by atoms with Gasteiger partial charge in [-0.25, -0.2) is 0 Å². The second kappa shape index (κ2) is 7.18. The summed E-state index contributed by atoms with van der Waals surface area (Å²) >= 11 is 5.38. The quantitative estimate of drug-likeness (QED) is 0.610. The zero-order chi connectivity index (χ0) is 13.7. The van der Waals surface area contributed by atoms with Gasteiger partial charge in [0.25, 0.3) is 0 Å². The molecular formula is C14H23BrN2OS. The minimum absolute atomic E-state index is 0.0921. The van der Waals surface area contributed by atoms with Crippen LogP contribution in [-0.2, 0) is 11.2 Å². The molecule has 0 bridgehead atoms. The van der Waals surface area contributed by atoms with Gasteiger partial charge in [0.1, 0.15) is 0 Å². The number of ether oxygens (including phenoxy) is 1. The summed E-state index contributed by atoms with van der Waals surface area (Å²) in [7, 11) is 0. The maximum absolute atomic E-state index is 6.16. The summed E-state index contributed by atoms with van der Waals surface area (Å²) in [5.41, 5.74) is 2.93. The van der Waals surface area contributed by atoms with E-state index in [1.54, 1.807) is 11.3 Å². The van der Waals surface area contributed by atoms with Gasteiger partial charge in [0.05, 0.1) is 11.6 Å². The van der Waals surface area contributed by atoms with Gasteiger partial charge in [-0.2, -0.15) is 0 Å². The molecule has 1 aliphatic rings. The van der Waals surface area contributed by atoms with Crippen molar-refractivity contribution < 1.29 is 4.74 Å². The van der Waals surface area contributed by atoms with E-state index in [9.17, 15) is 0 Å². The summed E-state index contributed by atoms with van der Waals surface area (Å²) in [6.45, 7) is 2.83. The van der Waals surface area contributed by atoms with Gasteiger partial charge in [-0.05, 0) is 47.1 Å². The van der Waals surface area contributed by atoms with Gasteiger partial charge in [-0.15, -0.1) is 11.3 Å². The van der Waals surface area contributed by atoms with Crippen LogP contribution in [0.3, 0.4) is 0 Å². The molecule has 1 atom stereocenters. The van der Waals surface area contributed by atoms with Gasteiger partial charge in [0.15, 0.2) is 0 Å². The largest absolute Gasteiger partial charge is 0.374 e. The maximum Gasteiger partial charge on any atom is 0.0851 e. The van der Waals surface area contributed by atoms with E-state index in [4.69, 9.17) is 10.6 Å². The highest BCUT2D eigenvalue weighted by atomic mass is 79.9. The summed E-state index contributed by atoms with van der Waals surface area (Å²) in [4.78, 5) is 1.34. The Balaban J connectivity index is 2.14. The van der Waals surface area contributed by atoms with Crippen LogP contribution in [0.1, 0.15) is 43.9 Å². The van der Waals surface area contributed by atoms with Crippen molar-refractivity contribution in [2.75, 3.05) is 6.61 Å². The van der Waals surface area contributed by atoms with Gasteiger partial charge in [-0.1, -0.05) is 19.3 Å². The topological polar surface area (TPSA) is 47.3 Å². The third kappa shape index (κ3) is 3.58. The van der Waals surface area contributed by atoms with Gasteiger partial charge >= 0.3 is 0 Å². The summed E-state index contributed by atoms with van der Waals surface area (Å²) in [6, 6.07) is 2.28. The van der Waals surface area contributed by atoms with Crippen LogP contribution in [-0.4, -0.2) is 18.2 Å². The van der Waals surface area contributed by atoms with Crippen LogP contribution in [0.5, 0.6) is 0 Å². The number of nitrogens with two attached hydrogens (primary N) is 1. The molecule has 0 saturated heterocycles. The van der Waals surface area contributed by atoms with Crippen LogP contribution in [0.25, 0.3) is 0 Å². The molecule has 1 heterocycles. The fourth-order valence-electron chi connectivity index (χ4n) is 3.08. The monoisotopic (exact) mass is 346 g/mol. The Morgan fingerprint density at radius 3 is 2.74 bits per heavy atom. The molecule has 19 heavy (non-hydrogen) atoms. The Morgan fingerprint density at radius 2 is 2.21 bits per heavy atom. The molecule has 1 aliphatic carbocycles. The van der Waals surface area contributed by atoms with Crippen LogP contribution in [0.15, 0.2) is 15.9 Å². The molecule has 0 aromatic carbocycles. The first-order valence-corrected chi connectivity index (χ1v) is 8.71. The number of hydrazine groups is 1. The number of thiophene rings is 1. The van der Waals surface area contributed by atoms with Crippen LogP contribution in [0.2, 0.25) is 0 Å². The summed E-state index contributed by atoms with van der Waals surface area (Å²) < 4.78 is 7.34. The minimum Gasteiger partial charge on any atom is -0.374 e. The molecule has 2 rings (SSSR count). The fraction of sp³-hybridized carbons (Fsp3) is 0.714. The normalized spacial score (nSPS) is 20.4. The molecule has 108 valence electrons. The van der Waals surface area contributed by atoms with E-state index in [0.29, 0.717) is 0 Å². The zero-order valence-electron chi connectivity index (χ0n) is 11.5. The summed E-state index contributed by atoms with van der Waals surface area (Å²) in [5.74, 6) is 5.85. The standard InChI is InChI=1S/C14H23BrN2OS/c1-2-18-14(7-4-3-5-8-14)13(17-16)10-12-11(15)6-9-19-12/h6,9,13,17H,2-5,7-8,10,16H2,1H3. The van der Waals surface area contributed by atoms with Crippen molar-refractivity contribution in [3.63, 3.8) is 0 Å². The number of hydrogen-bond acceptors (Lipinski definition) is 4. The highest BCUT2D eigenvalue weighted by molar-refractivity contribution is 9.10. The SMILES string of the molecule is CCOC1(C(Cc2sccc2Br)NN)CCCCC1. The molecule has 3 N–H and O–H groups in total. The van der Waals surface area contributed by atoms with Crippen molar-refractivity contribution in [3.05, 3.63) is 20.8 Å². The van der Waals surface area contributed by atoms with E-state index < -0.39 is 0 Å². The maximum atomic E-state index is 6.16. The highest BCUT2D eigenvalue weighted by Gasteiger charge is 2.40. The van der Waals surface area contributed by atoms with Crippen molar-refractivity contribution in [1.82, 2.24) is 5.43 Å². The van der Waals surface area contributed by atoms with Gasteiger partial charge in [0.2, 0.25) is 0 Å². The molecule has 1 fully saturated rings. The highest BCUT2D eigenvalue weighted by Crippen LogP contribution is 2.37. The second-order valence-corrected chi connectivity index (χ2v) is 7.03. The Morgan fingerprint density at radius 1 is 1.47 bits per heavy atom. The van der Waals surface area contributed by atoms with E-state index in [1.807, 2.05) is 0 Å². The predicted octanol–water partition coefficient (Wildman–Crippen LogP) is 3.62. The van der Waals surface area contributed by atoms with Gasteiger partial charge < -0.3 is 4.74 Å². The molecule has 0 spiro atoms. The predicted molar refractivity (Wildman–Crippen MR) is 84.3 cm³/mol. The van der Waals surface area contributed by atoms with Gasteiger partial charge in [-0.3, -0.25) is 11.3 Å². The Labute approximate surface area is 128 Å². The first-order valence-electron chi connectivity index (χ1n) is 7.04. The smallest absolute Gasteiger partial charge is 0.0851 e. The van der Waals surface area contributed by atoms with Crippen molar-refractivity contribution in [2.45, 2.75) is 57.1 Å². The van der Waals surface area contributed by atoms with E-state index >= 15 is 0 Å². The van der Waals surface area contributed by atoms with E-state index in [1.165, 1.54) is 28.6 Å². The van der Waals surface area contributed by atoms with Crippen molar-refractivity contribution >= 4 is 27.3 Å². The Bertz CT molecular complexity index is 385. The molecule has 1 saturated carbocycles. The first kappa shape index (κ1) is 15.4. The number of hydrogen-bond donors (Lipinski definition) is 2. The molecule has 0 radical (unpaired) electrons. The lowest BCUT2D eigenvalue weighted by Gasteiger charge is -2.43. The average molecular weight is 347 g/mol.